The molecule has 0 N–H and O–H groups in total. The van der Waals surface area contributed by atoms with E-state index in [1.807, 2.05) is 6.20 Å². The van der Waals surface area contributed by atoms with Crippen LogP contribution in [0.25, 0.3) is 19.4 Å². The van der Waals surface area contributed by atoms with Crippen LogP contribution in [-0.2, 0) is 0 Å². The molecule has 2 heterocycles. The van der Waals surface area contributed by atoms with E-state index in [0.29, 0.717) is 14.5 Å². The summed E-state index contributed by atoms with van der Waals surface area (Å²) in [6.07, 6.45) is 3.55. The molecule has 0 amide bonds. The first-order valence-electron chi connectivity index (χ1n) is 4.02. The number of hydrogen-bond acceptors (Lipinski definition) is 2. The average Bonchev–Trinajstić information content (AvgIpc) is 2.56. The van der Waals surface area contributed by atoms with Gasteiger partial charge in [-0.05, 0) is 0 Å². The summed E-state index contributed by atoms with van der Waals surface area (Å²) in [6.45, 7) is 0. The van der Waals surface area contributed by atoms with Gasteiger partial charge in [0.1, 0.15) is 0 Å². The van der Waals surface area contributed by atoms with E-state index < -0.39 is 0 Å². The molecule has 62 valence electrons. The first-order valence-corrected chi connectivity index (χ1v) is 5.74. The molecule has 0 fully saturated rings. The molecule has 1 aromatic carbocycles. The van der Waals surface area contributed by atoms with Crippen molar-refractivity contribution >= 4 is 33.9 Å². The Morgan fingerprint density at radius 3 is 3.00 bits per heavy atom. The van der Waals surface area contributed by atoms with E-state index >= 15 is 0 Å². The minimum atomic E-state index is 0.410. The zero-order valence-corrected chi connectivity index (χ0v) is 8.48. The number of fused-ring (bicyclic) bond motifs is 3. The third-order valence-corrected chi connectivity index (χ3v) is 4.34. The molecule has 3 rings (SSSR count). The molecule has 0 atom stereocenters. The van der Waals surface area contributed by atoms with E-state index in [4.69, 9.17) is 0 Å². The van der Waals surface area contributed by atoms with E-state index in [9.17, 15) is 0 Å². The predicted molar refractivity (Wildman–Crippen MR) is 54.0 cm³/mol. The third kappa shape index (κ3) is 1.01. The van der Waals surface area contributed by atoms with Gasteiger partial charge >= 0.3 is 80.7 Å². The van der Waals surface area contributed by atoms with Gasteiger partial charge in [0.25, 0.3) is 0 Å². The van der Waals surface area contributed by atoms with Crippen LogP contribution in [0, 0.1) is 0 Å². The maximum absolute atomic E-state index is 4.31. The van der Waals surface area contributed by atoms with Crippen molar-refractivity contribution in [1.29, 1.82) is 0 Å². The Hall–Kier alpha value is -1.18. The van der Waals surface area contributed by atoms with Crippen LogP contribution in [0.3, 0.4) is 0 Å². The summed E-state index contributed by atoms with van der Waals surface area (Å²) in [5, 5.41) is 1.29. The molecule has 2 nitrogen and oxygen atoms in total. The molecule has 0 aliphatic carbocycles. The Labute approximate surface area is 81.0 Å². The predicted octanol–water partition coefficient (Wildman–Crippen LogP) is 1.84. The molecular formula is C10H6N2Se. The topological polar surface area (TPSA) is 25.8 Å². The first-order chi connectivity index (χ1) is 6.45. The van der Waals surface area contributed by atoms with Crippen molar-refractivity contribution < 1.29 is 0 Å². The van der Waals surface area contributed by atoms with Gasteiger partial charge in [0, 0.05) is 0 Å². The van der Waals surface area contributed by atoms with Gasteiger partial charge in [-0.2, -0.15) is 0 Å². The van der Waals surface area contributed by atoms with Gasteiger partial charge in [0.05, 0.1) is 0 Å². The standard InChI is InChI=1S/C10H6N2Se/c1-2-4-8-7(3-1)10-9(13-8)5-11-6-12-10/h1-6H. The molecule has 13 heavy (non-hydrogen) atoms. The second-order valence-electron chi connectivity index (χ2n) is 2.83. The van der Waals surface area contributed by atoms with Crippen LogP contribution in [0.15, 0.2) is 36.8 Å². The molecule has 0 bridgehead atoms. The molecule has 3 heteroatoms. The zero-order chi connectivity index (χ0) is 8.67. The molecule has 0 radical (unpaired) electrons. The van der Waals surface area contributed by atoms with E-state index in [-0.39, 0.29) is 0 Å². The van der Waals surface area contributed by atoms with Gasteiger partial charge in [-0.1, -0.05) is 0 Å². The molecule has 3 aromatic rings. The number of rotatable bonds is 0. The third-order valence-electron chi connectivity index (χ3n) is 2.04. The SMILES string of the molecule is c1ccc2c(c1)[se]c1cncnc12. The molecule has 0 saturated carbocycles. The number of hydrogen-bond donors (Lipinski definition) is 0. The minimum absolute atomic E-state index is 0.410. The second kappa shape index (κ2) is 2.66. The monoisotopic (exact) mass is 234 g/mol. The molecule has 0 unspecified atom stereocenters. The van der Waals surface area contributed by atoms with Crippen molar-refractivity contribution in [2.75, 3.05) is 0 Å². The summed E-state index contributed by atoms with van der Waals surface area (Å²) < 4.78 is 2.72. The van der Waals surface area contributed by atoms with E-state index in [0.717, 1.165) is 5.52 Å². The van der Waals surface area contributed by atoms with E-state index in [1.165, 1.54) is 13.9 Å². The van der Waals surface area contributed by atoms with Crippen molar-refractivity contribution in [2.24, 2.45) is 0 Å². The zero-order valence-electron chi connectivity index (χ0n) is 6.77. The van der Waals surface area contributed by atoms with Crippen molar-refractivity contribution in [1.82, 2.24) is 9.97 Å². The summed E-state index contributed by atoms with van der Waals surface area (Å²) in [4.78, 5) is 8.35. The summed E-state index contributed by atoms with van der Waals surface area (Å²) >= 11 is 0.410. The van der Waals surface area contributed by atoms with Crippen LogP contribution in [0.1, 0.15) is 0 Å². The maximum atomic E-state index is 4.31. The molecule has 0 spiro atoms. The fourth-order valence-corrected chi connectivity index (χ4v) is 3.63. The van der Waals surface area contributed by atoms with Gasteiger partial charge in [-0.3, -0.25) is 0 Å². The van der Waals surface area contributed by atoms with Gasteiger partial charge in [0.15, 0.2) is 0 Å². The fourth-order valence-electron chi connectivity index (χ4n) is 1.46. The molecule has 0 saturated heterocycles. The fraction of sp³-hybridized carbons (Fsp3) is 0. The van der Waals surface area contributed by atoms with Gasteiger partial charge in [0.2, 0.25) is 0 Å². The van der Waals surface area contributed by atoms with E-state index in [1.54, 1.807) is 6.33 Å². The van der Waals surface area contributed by atoms with E-state index in [2.05, 4.69) is 34.2 Å². The quantitative estimate of drug-likeness (QED) is 0.554. The van der Waals surface area contributed by atoms with Crippen molar-refractivity contribution in [3.05, 3.63) is 36.8 Å². The van der Waals surface area contributed by atoms with Crippen LogP contribution >= 0.6 is 0 Å². The van der Waals surface area contributed by atoms with Crippen LogP contribution in [0.5, 0.6) is 0 Å². The Morgan fingerprint density at radius 1 is 1.08 bits per heavy atom. The van der Waals surface area contributed by atoms with Crippen molar-refractivity contribution in [3.63, 3.8) is 0 Å². The summed E-state index contributed by atoms with van der Waals surface area (Å²) in [7, 11) is 0. The molecular weight excluding hydrogens is 227 g/mol. The average molecular weight is 233 g/mol. The van der Waals surface area contributed by atoms with Crippen LogP contribution in [0.4, 0.5) is 0 Å². The Morgan fingerprint density at radius 2 is 2.00 bits per heavy atom. The number of aromatic nitrogens is 2. The molecule has 2 aromatic heterocycles. The van der Waals surface area contributed by atoms with Gasteiger partial charge in [-0.25, -0.2) is 0 Å². The summed E-state index contributed by atoms with van der Waals surface area (Å²) in [5.74, 6) is 0. The molecule has 0 aliphatic rings. The first kappa shape index (κ1) is 7.24. The van der Waals surface area contributed by atoms with Crippen molar-refractivity contribution in [3.8, 4) is 0 Å². The Bertz CT molecular complexity index is 521. The summed E-state index contributed by atoms with van der Waals surface area (Å²) in [5.41, 5.74) is 1.13. The Balaban J connectivity index is 2.64. The second-order valence-corrected chi connectivity index (χ2v) is 5.11. The normalized spacial score (nSPS) is 11.1. The van der Waals surface area contributed by atoms with Crippen LogP contribution in [-0.4, -0.2) is 24.5 Å². The van der Waals surface area contributed by atoms with Crippen LogP contribution < -0.4 is 0 Å². The number of nitrogens with zero attached hydrogens (tertiary/aromatic N) is 2. The van der Waals surface area contributed by atoms with Gasteiger partial charge in [-0.15, -0.1) is 0 Å². The summed E-state index contributed by atoms with van der Waals surface area (Å²) in [6, 6.07) is 8.46. The van der Waals surface area contributed by atoms with Gasteiger partial charge < -0.3 is 0 Å². The Kier molecular flexibility index (Phi) is 1.48. The number of benzene rings is 1. The van der Waals surface area contributed by atoms with Crippen molar-refractivity contribution in [2.45, 2.75) is 0 Å². The molecule has 0 aliphatic heterocycles. The van der Waals surface area contributed by atoms with Crippen LogP contribution in [0.2, 0.25) is 0 Å².